The quantitative estimate of drug-likeness (QED) is 0.568. The lowest BCUT2D eigenvalue weighted by atomic mass is 10.1. The van der Waals surface area contributed by atoms with Gasteiger partial charge in [0.2, 0.25) is 5.95 Å². The molecule has 0 spiro atoms. The van der Waals surface area contributed by atoms with Crippen molar-refractivity contribution in [2.24, 2.45) is 7.05 Å². The average Bonchev–Trinajstić information content (AvgIpc) is 3.08. The molecule has 3 heterocycles. The fourth-order valence-electron chi connectivity index (χ4n) is 4.01. The molecule has 174 valence electrons. The Morgan fingerprint density at radius 3 is 2.52 bits per heavy atom. The molecule has 1 atom stereocenters. The predicted molar refractivity (Wildman–Crippen MR) is 122 cm³/mol. The van der Waals surface area contributed by atoms with Crippen LogP contribution in [-0.2, 0) is 7.05 Å². The van der Waals surface area contributed by atoms with Gasteiger partial charge in [-0.3, -0.25) is 14.4 Å². The number of aryl methyl sites for hydroxylation is 3. The van der Waals surface area contributed by atoms with Crippen molar-refractivity contribution in [3.63, 3.8) is 0 Å². The maximum absolute atomic E-state index is 13.0. The van der Waals surface area contributed by atoms with Crippen LogP contribution in [0.2, 0.25) is 0 Å². The van der Waals surface area contributed by atoms with E-state index in [-0.39, 0.29) is 25.0 Å². The standard InChI is InChI=1S/C23H27F2N7O/c1-14-7-15(2)9-17(8-14)28-22-26-6-5-18(29-22)19-10-20(31(4)30-19)21(33)27-16(3)11-32-12-23(24,25)13-32/h5-10,16H,11-13H2,1-4H3,(H,27,33)(H,26,28,29). The van der Waals surface area contributed by atoms with Gasteiger partial charge >= 0.3 is 0 Å². The van der Waals surface area contributed by atoms with E-state index in [1.165, 1.54) is 4.68 Å². The maximum Gasteiger partial charge on any atom is 0.272 e. The molecule has 0 radical (unpaired) electrons. The van der Waals surface area contributed by atoms with Crippen LogP contribution in [0.1, 0.15) is 28.5 Å². The highest BCUT2D eigenvalue weighted by Crippen LogP contribution is 2.26. The number of likely N-dealkylation sites (tertiary alicyclic amines) is 1. The van der Waals surface area contributed by atoms with E-state index < -0.39 is 5.92 Å². The molecule has 1 amide bonds. The number of benzene rings is 1. The van der Waals surface area contributed by atoms with E-state index >= 15 is 0 Å². The Labute approximate surface area is 191 Å². The SMILES string of the molecule is Cc1cc(C)cc(Nc2nccc(-c3cc(C(=O)NC(C)CN4CC(F)(F)C4)n(C)n3)n2)c1. The molecular weight excluding hydrogens is 428 g/mol. The monoisotopic (exact) mass is 455 g/mol. The largest absolute Gasteiger partial charge is 0.347 e. The van der Waals surface area contributed by atoms with Crippen LogP contribution in [0.3, 0.4) is 0 Å². The number of nitrogens with one attached hydrogen (secondary N) is 2. The molecule has 2 aromatic heterocycles. The smallest absolute Gasteiger partial charge is 0.272 e. The summed E-state index contributed by atoms with van der Waals surface area (Å²) in [6, 6.07) is 9.21. The van der Waals surface area contributed by atoms with E-state index in [1.54, 1.807) is 37.2 Å². The molecule has 33 heavy (non-hydrogen) atoms. The number of carbonyl (C=O) groups excluding carboxylic acids is 1. The van der Waals surface area contributed by atoms with E-state index in [2.05, 4.69) is 31.8 Å². The number of aromatic nitrogens is 4. The second-order valence-electron chi connectivity index (χ2n) is 8.71. The molecule has 4 rings (SSSR count). The molecule has 8 nitrogen and oxygen atoms in total. The number of alkyl halides is 2. The van der Waals surface area contributed by atoms with E-state index in [4.69, 9.17) is 0 Å². The van der Waals surface area contributed by atoms with Crippen LogP contribution in [0, 0.1) is 13.8 Å². The zero-order chi connectivity index (χ0) is 23.8. The van der Waals surface area contributed by atoms with Crippen molar-refractivity contribution in [2.75, 3.05) is 25.0 Å². The van der Waals surface area contributed by atoms with Gasteiger partial charge in [-0.1, -0.05) is 6.07 Å². The van der Waals surface area contributed by atoms with Crippen LogP contribution in [0.15, 0.2) is 36.5 Å². The lowest BCUT2D eigenvalue weighted by Crippen LogP contribution is -2.59. The third-order valence-electron chi connectivity index (χ3n) is 5.33. The van der Waals surface area contributed by atoms with E-state index in [9.17, 15) is 13.6 Å². The highest BCUT2D eigenvalue weighted by molar-refractivity contribution is 5.93. The highest BCUT2D eigenvalue weighted by atomic mass is 19.3. The number of amides is 1. The van der Waals surface area contributed by atoms with Gasteiger partial charge in [-0.25, -0.2) is 18.7 Å². The third-order valence-corrected chi connectivity index (χ3v) is 5.33. The van der Waals surface area contributed by atoms with E-state index in [0.717, 1.165) is 16.8 Å². The van der Waals surface area contributed by atoms with E-state index in [0.29, 0.717) is 29.6 Å². The second kappa shape index (κ2) is 8.86. The Balaban J connectivity index is 1.44. The zero-order valence-electron chi connectivity index (χ0n) is 19.1. The summed E-state index contributed by atoms with van der Waals surface area (Å²) in [5.41, 5.74) is 4.61. The van der Waals surface area contributed by atoms with Gasteiger partial charge in [0.15, 0.2) is 0 Å². The number of anilines is 2. The Morgan fingerprint density at radius 1 is 1.15 bits per heavy atom. The van der Waals surface area contributed by atoms with Gasteiger partial charge < -0.3 is 10.6 Å². The van der Waals surface area contributed by atoms with E-state index in [1.807, 2.05) is 26.0 Å². The fourth-order valence-corrected chi connectivity index (χ4v) is 4.01. The van der Waals surface area contributed by atoms with Gasteiger partial charge in [0.05, 0.1) is 18.8 Å². The number of rotatable bonds is 7. The summed E-state index contributed by atoms with van der Waals surface area (Å²) in [5.74, 6) is -2.52. The molecular formula is C23H27F2N7O. The van der Waals surface area contributed by atoms with Crippen LogP contribution in [0.4, 0.5) is 20.4 Å². The molecule has 1 aromatic carbocycles. The highest BCUT2D eigenvalue weighted by Gasteiger charge is 2.43. The first kappa shape index (κ1) is 22.8. The van der Waals surface area contributed by atoms with Crippen molar-refractivity contribution in [2.45, 2.75) is 32.7 Å². The minimum Gasteiger partial charge on any atom is -0.347 e. The lowest BCUT2D eigenvalue weighted by Gasteiger charge is -2.40. The first-order valence-corrected chi connectivity index (χ1v) is 10.7. The van der Waals surface area contributed by atoms with Gasteiger partial charge in [0.1, 0.15) is 11.4 Å². The molecule has 3 aromatic rings. The molecule has 2 N–H and O–H groups in total. The Kier molecular flexibility index (Phi) is 6.11. The molecule has 10 heteroatoms. The summed E-state index contributed by atoms with van der Waals surface area (Å²) in [5, 5.41) is 10.5. The molecule has 1 aliphatic rings. The second-order valence-corrected chi connectivity index (χ2v) is 8.71. The van der Waals surface area contributed by atoms with Gasteiger partial charge in [-0.05, 0) is 56.2 Å². The van der Waals surface area contributed by atoms with Crippen LogP contribution < -0.4 is 10.6 Å². The van der Waals surface area contributed by atoms with Crippen molar-refractivity contribution >= 4 is 17.5 Å². The maximum atomic E-state index is 13.0. The first-order chi connectivity index (χ1) is 15.6. The molecule has 0 saturated carbocycles. The first-order valence-electron chi connectivity index (χ1n) is 10.7. The van der Waals surface area contributed by atoms with Gasteiger partial charge in [0.25, 0.3) is 11.8 Å². The Morgan fingerprint density at radius 2 is 1.85 bits per heavy atom. The van der Waals surface area contributed by atoms with Crippen molar-refractivity contribution in [1.82, 2.24) is 30.0 Å². The average molecular weight is 456 g/mol. The molecule has 0 aliphatic carbocycles. The number of carbonyl (C=O) groups is 1. The summed E-state index contributed by atoms with van der Waals surface area (Å²) in [4.78, 5) is 23.2. The topological polar surface area (TPSA) is 88.0 Å². The molecule has 1 aliphatic heterocycles. The lowest BCUT2D eigenvalue weighted by molar-refractivity contribution is -0.131. The van der Waals surface area contributed by atoms with Crippen molar-refractivity contribution in [3.8, 4) is 11.4 Å². The third kappa shape index (κ3) is 5.51. The number of halogens is 2. The van der Waals surface area contributed by atoms with Crippen molar-refractivity contribution in [1.29, 1.82) is 0 Å². The summed E-state index contributed by atoms with van der Waals surface area (Å²) >= 11 is 0. The van der Waals surface area contributed by atoms with Gasteiger partial charge in [-0.2, -0.15) is 5.10 Å². The van der Waals surface area contributed by atoms with Crippen molar-refractivity contribution < 1.29 is 13.6 Å². The van der Waals surface area contributed by atoms with Gasteiger partial charge in [-0.15, -0.1) is 0 Å². The predicted octanol–water partition coefficient (Wildman–Crippen LogP) is 3.31. The number of hydrogen-bond donors (Lipinski definition) is 2. The van der Waals surface area contributed by atoms with Crippen LogP contribution in [-0.4, -0.2) is 62.2 Å². The van der Waals surface area contributed by atoms with Gasteiger partial charge in [0, 0.05) is 31.5 Å². The molecule has 1 fully saturated rings. The Hall–Kier alpha value is -3.40. The Bertz CT molecular complexity index is 1150. The summed E-state index contributed by atoms with van der Waals surface area (Å²) < 4.78 is 27.5. The summed E-state index contributed by atoms with van der Waals surface area (Å²) in [6.45, 7) is 5.67. The number of hydrogen-bond acceptors (Lipinski definition) is 6. The summed E-state index contributed by atoms with van der Waals surface area (Å²) in [7, 11) is 1.68. The molecule has 0 bridgehead atoms. The van der Waals surface area contributed by atoms with Crippen LogP contribution in [0.25, 0.3) is 11.4 Å². The zero-order valence-corrected chi connectivity index (χ0v) is 19.1. The molecule has 1 unspecified atom stereocenters. The minimum atomic E-state index is -2.62. The molecule has 1 saturated heterocycles. The van der Waals surface area contributed by atoms with Crippen LogP contribution >= 0.6 is 0 Å². The minimum absolute atomic E-state index is 0.269. The normalized spacial score (nSPS) is 16.2. The summed E-state index contributed by atoms with van der Waals surface area (Å²) in [6.07, 6.45) is 1.63. The number of nitrogens with zero attached hydrogens (tertiary/aromatic N) is 5. The van der Waals surface area contributed by atoms with Crippen LogP contribution in [0.5, 0.6) is 0 Å². The van der Waals surface area contributed by atoms with Crippen molar-refractivity contribution in [3.05, 3.63) is 53.3 Å². The fraction of sp³-hybridized carbons (Fsp3) is 0.391.